The third kappa shape index (κ3) is 5.08. The van der Waals surface area contributed by atoms with E-state index in [4.69, 9.17) is 16.3 Å². The molecule has 0 fully saturated rings. The van der Waals surface area contributed by atoms with Gasteiger partial charge in [0.2, 0.25) is 5.91 Å². The molecular formula is C20H19ClF3N3O2S. The molecule has 10 heteroatoms. The minimum absolute atomic E-state index is 0.0605. The molecule has 1 unspecified atom stereocenters. The van der Waals surface area contributed by atoms with E-state index in [2.05, 4.69) is 10.3 Å². The number of aromatic nitrogens is 2. The number of benzene rings is 2. The number of hydrogen-bond acceptors (Lipinski definition) is 4. The summed E-state index contributed by atoms with van der Waals surface area (Å²) in [6.45, 7) is 2.60. The predicted octanol–water partition coefficient (Wildman–Crippen LogP) is 5.47. The molecule has 160 valence electrons. The van der Waals surface area contributed by atoms with E-state index < -0.39 is 22.9 Å². The number of carbonyl (C=O) groups excluding carboxylic acids is 1. The number of fused-ring (bicyclic) bond motifs is 1. The Morgan fingerprint density at radius 3 is 2.73 bits per heavy atom. The highest BCUT2D eigenvalue weighted by Gasteiger charge is 2.34. The zero-order chi connectivity index (χ0) is 21.9. The maximum absolute atomic E-state index is 13.3. The van der Waals surface area contributed by atoms with E-state index in [9.17, 15) is 18.0 Å². The highest BCUT2D eigenvalue weighted by molar-refractivity contribution is 8.00. The summed E-state index contributed by atoms with van der Waals surface area (Å²) >= 11 is 6.86. The first-order valence-electron chi connectivity index (χ1n) is 8.99. The van der Waals surface area contributed by atoms with Crippen LogP contribution in [-0.2, 0) is 22.3 Å². The van der Waals surface area contributed by atoms with Crippen molar-refractivity contribution in [2.75, 3.05) is 19.0 Å². The highest BCUT2D eigenvalue weighted by Crippen LogP contribution is 2.37. The lowest BCUT2D eigenvalue weighted by Gasteiger charge is -2.17. The zero-order valence-electron chi connectivity index (χ0n) is 16.2. The van der Waals surface area contributed by atoms with Gasteiger partial charge in [-0.05, 0) is 37.3 Å². The summed E-state index contributed by atoms with van der Waals surface area (Å²) in [5.41, 5.74) is 0.326. The van der Waals surface area contributed by atoms with Gasteiger partial charge in [0.05, 0.1) is 34.1 Å². The van der Waals surface area contributed by atoms with Crippen molar-refractivity contribution in [3.05, 3.63) is 53.1 Å². The summed E-state index contributed by atoms with van der Waals surface area (Å²) in [6.07, 6.45) is -4.64. The van der Waals surface area contributed by atoms with Crippen LogP contribution in [-0.4, -0.2) is 34.4 Å². The highest BCUT2D eigenvalue weighted by atomic mass is 35.5. The third-order valence-electron chi connectivity index (χ3n) is 4.33. The molecule has 0 aliphatic carbocycles. The Morgan fingerprint density at radius 2 is 2.03 bits per heavy atom. The molecule has 2 aromatic carbocycles. The van der Waals surface area contributed by atoms with Crippen LogP contribution in [0.4, 0.5) is 18.9 Å². The molecule has 0 saturated carbocycles. The van der Waals surface area contributed by atoms with Gasteiger partial charge in [-0.25, -0.2) is 4.98 Å². The van der Waals surface area contributed by atoms with Gasteiger partial charge < -0.3 is 14.6 Å². The average molecular weight is 458 g/mol. The number of thioether (sulfide) groups is 1. The number of nitrogens with one attached hydrogen (secondary N) is 1. The number of rotatable bonds is 7. The largest absolute Gasteiger partial charge is 0.418 e. The fourth-order valence-electron chi connectivity index (χ4n) is 2.85. The van der Waals surface area contributed by atoms with Crippen molar-refractivity contribution in [2.45, 2.75) is 30.1 Å². The lowest BCUT2D eigenvalue weighted by Crippen LogP contribution is -2.24. The molecule has 0 radical (unpaired) electrons. The summed E-state index contributed by atoms with van der Waals surface area (Å²) in [5, 5.41) is 2.19. The third-order valence-corrected chi connectivity index (χ3v) is 5.66. The monoisotopic (exact) mass is 457 g/mol. The van der Waals surface area contributed by atoms with Gasteiger partial charge in [0, 0.05) is 18.7 Å². The number of methoxy groups -OCH3 is 1. The average Bonchev–Trinajstić information content (AvgIpc) is 3.03. The van der Waals surface area contributed by atoms with Crippen molar-refractivity contribution < 1.29 is 22.7 Å². The molecular weight excluding hydrogens is 439 g/mol. The lowest BCUT2D eigenvalue weighted by molar-refractivity contribution is -0.137. The zero-order valence-corrected chi connectivity index (χ0v) is 17.7. The molecule has 5 nitrogen and oxygen atoms in total. The fraction of sp³-hybridized carbons (Fsp3) is 0.300. The number of hydrogen-bond donors (Lipinski definition) is 1. The van der Waals surface area contributed by atoms with Crippen LogP contribution in [0.25, 0.3) is 11.0 Å². The number of para-hydroxylation sites is 2. The van der Waals surface area contributed by atoms with E-state index in [1.165, 1.54) is 17.8 Å². The lowest BCUT2D eigenvalue weighted by atomic mass is 10.1. The first-order valence-corrected chi connectivity index (χ1v) is 10.2. The molecule has 0 bridgehead atoms. The quantitative estimate of drug-likeness (QED) is 0.478. The fourth-order valence-corrected chi connectivity index (χ4v) is 3.97. The molecule has 0 aliphatic rings. The van der Waals surface area contributed by atoms with Crippen LogP contribution in [0, 0.1) is 0 Å². The smallest absolute Gasteiger partial charge is 0.383 e. The van der Waals surface area contributed by atoms with Gasteiger partial charge in [-0.15, -0.1) is 0 Å². The summed E-state index contributed by atoms with van der Waals surface area (Å²) < 4.78 is 46.9. The number of nitrogens with zero attached hydrogens (tertiary/aromatic N) is 2. The number of ether oxygens (including phenoxy) is 1. The Bertz CT molecular complexity index is 1060. The SMILES string of the molecule is COCCn1c(SC(C)C(=O)Nc2ccc(Cl)cc2C(F)(F)F)nc2ccccc21. The molecule has 1 N–H and O–H groups in total. The van der Waals surface area contributed by atoms with Gasteiger partial charge in [0.1, 0.15) is 0 Å². The standard InChI is InChI=1S/C20H19ClF3N3O2S/c1-12(18(28)25-15-8-7-13(21)11-14(15)20(22,23)24)30-19-26-16-5-3-4-6-17(16)27(19)9-10-29-2/h3-8,11-12H,9-10H2,1-2H3,(H,25,28). The van der Waals surface area contributed by atoms with Crippen LogP contribution < -0.4 is 5.32 Å². The van der Waals surface area contributed by atoms with Crippen LogP contribution >= 0.6 is 23.4 Å². The summed E-state index contributed by atoms with van der Waals surface area (Å²) in [4.78, 5) is 17.2. The van der Waals surface area contributed by atoms with E-state index in [0.717, 1.165) is 23.2 Å². The second kappa shape index (κ2) is 9.28. The molecule has 3 aromatic rings. The molecule has 1 aromatic heterocycles. The second-order valence-corrected chi connectivity index (χ2v) is 8.21. The first kappa shape index (κ1) is 22.5. The van der Waals surface area contributed by atoms with Crippen LogP contribution in [0.1, 0.15) is 12.5 Å². The van der Waals surface area contributed by atoms with Crippen LogP contribution in [0.2, 0.25) is 5.02 Å². The first-order chi connectivity index (χ1) is 14.2. The second-order valence-electron chi connectivity index (χ2n) is 6.46. The Morgan fingerprint density at radius 1 is 1.30 bits per heavy atom. The van der Waals surface area contributed by atoms with Gasteiger partial charge in [-0.2, -0.15) is 13.2 Å². The maximum atomic E-state index is 13.3. The molecule has 30 heavy (non-hydrogen) atoms. The predicted molar refractivity (Wildman–Crippen MR) is 112 cm³/mol. The Kier molecular flexibility index (Phi) is 6.95. The minimum atomic E-state index is -4.64. The number of imidazole rings is 1. The summed E-state index contributed by atoms with van der Waals surface area (Å²) in [6, 6.07) is 10.8. The van der Waals surface area contributed by atoms with Crippen LogP contribution in [0.3, 0.4) is 0 Å². The number of amides is 1. The van der Waals surface area contributed by atoms with Crippen LogP contribution in [0.5, 0.6) is 0 Å². The molecule has 0 saturated heterocycles. The van der Waals surface area contributed by atoms with E-state index in [1.54, 1.807) is 14.0 Å². The number of halogens is 4. The van der Waals surface area contributed by atoms with E-state index in [0.29, 0.717) is 18.3 Å². The molecule has 3 rings (SSSR count). The Hall–Kier alpha value is -2.23. The molecule has 0 aliphatic heterocycles. The van der Waals surface area contributed by atoms with Crippen molar-refractivity contribution >= 4 is 46.0 Å². The van der Waals surface area contributed by atoms with Crippen molar-refractivity contribution in [1.29, 1.82) is 0 Å². The minimum Gasteiger partial charge on any atom is -0.383 e. The van der Waals surface area contributed by atoms with Crippen LogP contribution in [0.15, 0.2) is 47.6 Å². The van der Waals surface area contributed by atoms with Gasteiger partial charge in [-0.1, -0.05) is 35.5 Å². The number of carbonyl (C=O) groups is 1. The van der Waals surface area contributed by atoms with E-state index in [1.807, 2.05) is 28.8 Å². The topological polar surface area (TPSA) is 56.1 Å². The molecule has 1 heterocycles. The maximum Gasteiger partial charge on any atom is 0.418 e. The van der Waals surface area contributed by atoms with Gasteiger partial charge in [0.15, 0.2) is 5.16 Å². The summed E-state index contributed by atoms with van der Waals surface area (Å²) in [5.74, 6) is -0.571. The van der Waals surface area contributed by atoms with Crippen molar-refractivity contribution in [3.63, 3.8) is 0 Å². The van der Waals surface area contributed by atoms with Gasteiger partial charge in [-0.3, -0.25) is 4.79 Å². The Labute approximate surface area is 180 Å². The normalized spacial score (nSPS) is 12.9. The molecule has 1 atom stereocenters. The molecule has 1 amide bonds. The summed E-state index contributed by atoms with van der Waals surface area (Å²) in [7, 11) is 1.59. The van der Waals surface area contributed by atoms with E-state index in [-0.39, 0.29) is 10.7 Å². The number of anilines is 1. The molecule has 0 spiro atoms. The van der Waals surface area contributed by atoms with Gasteiger partial charge in [0.25, 0.3) is 0 Å². The Balaban J connectivity index is 1.82. The van der Waals surface area contributed by atoms with E-state index >= 15 is 0 Å². The van der Waals surface area contributed by atoms with Crippen molar-refractivity contribution in [2.24, 2.45) is 0 Å². The number of alkyl halides is 3. The van der Waals surface area contributed by atoms with Crippen molar-refractivity contribution in [3.8, 4) is 0 Å². The van der Waals surface area contributed by atoms with Gasteiger partial charge >= 0.3 is 6.18 Å². The van der Waals surface area contributed by atoms with Crippen molar-refractivity contribution in [1.82, 2.24) is 9.55 Å².